The number of nitrogens with one attached hydrogen (secondary N) is 2. The summed E-state index contributed by atoms with van der Waals surface area (Å²) in [5.74, 6) is 0.0316. The Morgan fingerprint density at radius 2 is 2.38 bits per heavy atom. The van der Waals surface area contributed by atoms with Gasteiger partial charge in [0, 0.05) is 17.5 Å². The molecule has 0 aliphatic heterocycles. The quantitative estimate of drug-likeness (QED) is 0.769. The number of carbonyl (C=O) groups is 1. The molecular weight excluding hydrogens is 240 g/mol. The molecule has 1 aromatic heterocycles. The molecule has 0 aliphatic carbocycles. The number of amides is 1. The van der Waals surface area contributed by atoms with E-state index in [1.807, 2.05) is 17.7 Å². The molecule has 0 fully saturated rings. The van der Waals surface area contributed by atoms with Crippen LogP contribution in [0.2, 0.25) is 0 Å². The van der Waals surface area contributed by atoms with Crippen LogP contribution in [0.5, 0.6) is 0 Å². The molecule has 0 saturated carbocycles. The molecular formula is C11H18N2OS2. The fourth-order valence-electron chi connectivity index (χ4n) is 1.37. The van der Waals surface area contributed by atoms with Crippen molar-refractivity contribution in [2.24, 2.45) is 0 Å². The minimum atomic E-state index is 0.0316. The van der Waals surface area contributed by atoms with Crippen LogP contribution in [-0.2, 0) is 0 Å². The molecule has 1 rings (SSSR count). The third-order valence-electron chi connectivity index (χ3n) is 2.18. The molecule has 0 saturated heterocycles. The van der Waals surface area contributed by atoms with Crippen molar-refractivity contribution in [2.75, 3.05) is 19.3 Å². The Morgan fingerprint density at radius 3 is 3.00 bits per heavy atom. The van der Waals surface area contributed by atoms with E-state index in [0.29, 0.717) is 12.6 Å². The normalized spacial score (nSPS) is 12.4. The zero-order valence-electron chi connectivity index (χ0n) is 9.87. The summed E-state index contributed by atoms with van der Waals surface area (Å²) >= 11 is 3.10. The number of thioether (sulfide) groups is 1. The molecule has 0 spiro atoms. The van der Waals surface area contributed by atoms with Gasteiger partial charge in [0.25, 0.3) is 5.91 Å². The molecule has 0 aromatic carbocycles. The second-order valence-corrected chi connectivity index (χ2v) is 5.25. The summed E-state index contributed by atoms with van der Waals surface area (Å²) in [6.07, 6.45) is 1.99. The topological polar surface area (TPSA) is 41.1 Å². The lowest BCUT2D eigenvalue weighted by Gasteiger charge is -2.12. The van der Waals surface area contributed by atoms with Crippen molar-refractivity contribution < 1.29 is 4.79 Å². The van der Waals surface area contributed by atoms with E-state index in [4.69, 9.17) is 0 Å². The van der Waals surface area contributed by atoms with E-state index in [1.165, 1.54) is 11.3 Å². The predicted octanol–water partition coefficient (Wildman–Crippen LogP) is 2.20. The molecule has 1 aromatic rings. The van der Waals surface area contributed by atoms with E-state index < -0.39 is 0 Å². The maximum absolute atomic E-state index is 11.9. The van der Waals surface area contributed by atoms with Gasteiger partial charge in [-0.05, 0) is 31.2 Å². The number of likely N-dealkylation sites (N-methyl/N-ethyl adjacent to an activating group) is 1. The predicted molar refractivity (Wildman–Crippen MR) is 71.6 cm³/mol. The molecule has 1 atom stereocenters. The maximum atomic E-state index is 11.9. The molecule has 2 N–H and O–H groups in total. The van der Waals surface area contributed by atoms with Gasteiger partial charge >= 0.3 is 0 Å². The number of rotatable bonds is 6. The van der Waals surface area contributed by atoms with Crippen molar-refractivity contribution in [3.8, 4) is 0 Å². The maximum Gasteiger partial charge on any atom is 0.262 e. The monoisotopic (exact) mass is 258 g/mol. The Kier molecular flexibility index (Phi) is 5.87. The third kappa shape index (κ3) is 3.81. The largest absolute Gasteiger partial charge is 0.350 e. The first kappa shape index (κ1) is 13.5. The van der Waals surface area contributed by atoms with E-state index in [9.17, 15) is 4.79 Å². The van der Waals surface area contributed by atoms with Crippen molar-refractivity contribution in [3.63, 3.8) is 0 Å². The van der Waals surface area contributed by atoms with Gasteiger partial charge < -0.3 is 10.6 Å². The first-order valence-electron chi connectivity index (χ1n) is 5.32. The average Bonchev–Trinajstić information content (AvgIpc) is 2.74. The molecule has 90 valence electrons. The summed E-state index contributed by atoms with van der Waals surface area (Å²) in [5, 5.41) is 8.15. The van der Waals surface area contributed by atoms with E-state index in [-0.39, 0.29) is 5.91 Å². The molecule has 1 heterocycles. The van der Waals surface area contributed by atoms with Gasteiger partial charge in [0.2, 0.25) is 0 Å². The Balaban J connectivity index is 2.46. The Morgan fingerprint density at radius 1 is 1.62 bits per heavy atom. The van der Waals surface area contributed by atoms with Crippen LogP contribution in [0, 0.1) is 0 Å². The summed E-state index contributed by atoms with van der Waals surface area (Å²) < 4.78 is 0. The highest BCUT2D eigenvalue weighted by Gasteiger charge is 2.12. The molecule has 0 bridgehead atoms. The Bertz CT molecular complexity index is 338. The van der Waals surface area contributed by atoms with Crippen molar-refractivity contribution in [1.82, 2.24) is 10.6 Å². The van der Waals surface area contributed by atoms with Crippen LogP contribution in [0.3, 0.4) is 0 Å². The van der Waals surface area contributed by atoms with E-state index in [0.717, 1.165) is 16.3 Å². The number of hydrogen-bond donors (Lipinski definition) is 2. The van der Waals surface area contributed by atoms with Gasteiger partial charge in [-0.15, -0.1) is 23.1 Å². The molecule has 16 heavy (non-hydrogen) atoms. The summed E-state index contributed by atoms with van der Waals surface area (Å²) in [6, 6.07) is 2.30. The standard InChI is InChI=1S/C11H18N2OS2/c1-4-12-8(2)7-13-11(14)10-9(15-3)5-6-16-10/h5-6,8,12H,4,7H2,1-3H3,(H,13,14)/t8-/m1/s1. The number of thiophene rings is 1. The Hall–Kier alpha value is -0.520. The second kappa shape index (κ2) is 6.93. The average molecular weight is 258 g/mol. The molecule has 1 amide bonds. The highest BCUT2D eigenvalue weighted by Crippen LogP contribution is 2.25. The zero-order valence-corrected chi connectivity index (χ0v) is 11.5. The minimum Gasteiger partial charge on any atom is -0.350 e. The fraction of sp³-hybridized carbons (Fsp3) is 0.545. The fourth-order valence-corrected chi connectivity index (χ4v) is 3.04. The van der Waals surface area contributed by atoms with Crippen molar-refractivity contribution in [2.45, 2.75) is 24.8 Å². The highest BCUT2D eigenvalue weighted by molar-refractivity contribution is 7.98. The zero-order chi connectivity index (χ0) is 12.0. The molecule has 3 nitrogen and oxygen atoms in total. The van der Waals surface area contributed by atoms with Gasteiger partial charge in [0.15, 0.2) is 0 Å². The van der Waals surface area contributed by atoms with Crippen LogP contribution < -0.4 is 10.6 Å². The summed E-state index contributed by atoms with van der Waals surface area (Å²) in [5.41, 5.74) is 0. The van der Waals surface area contributed by atoms with E-state index in [1.54, 1.807) is 11.8 Å². The van der Waals surface area contributed by atoms with Crippen LogP contribution in [-0.4, -0.2) is 31.3 Å². The van der Waals surface area contributed by atoms with Gasteiger partial charge in [-0.1, -0.05) is 6.92 Å². The molecule has 0 radical (unpaired) electrons. The second-order valence-electron chi connectivity index (χ2n) is 3.49. The van der Waals surface area contributed by atoms with Crippen LogP contribution in [0.1, 0.15) is 23.5 Å². The van der Waals surface area contributed by atoms with Gasteiger partial charge in [-0.2, -0.15) is 0 Å². The lowest BCUT2D eigenvalue weighted by atomic mass is 10.3. The highest BCUT2D eigenvalue weighted by atomic mass is 32.2. The lowest BCUT2D eigenvalue weighted by molar-refractivity contribution is 0.0951. The van der Waals surface area contributed by atoms with Crippen LogP contribution in [0.4, 0.5) is 0 Å². The first-order chi connectivity index (χ1) is 7.69. The first-order valence-corrected chi connectivity index (χ1v) is 7.42. The van der Waals surface area contributed by atoms with Crippen molar-refractivity contribution >= 4 is 29.0 Å². The molecule has 0 aliphatic rings. The van der Waals surface area contributed by atoms with Crippen LogP contribution >= 0.6 is 23.1 Å². The third-order valence-corrected chi connectivity index (χ3v) is 4.00. The van der Waals surface area contributed by atoms with Crippen molar-refractivity contribution in [3.05, 3.63) is 16.3 Å². The molecule has 5 heteroatoms. The summed E-state index contributed by atoms with van der Waals surface area (Å²) in [7, 11) is 0. The summed E-state index contributed by atoms with van der Waals surface area (Å²) in [4.78, 5) is 13.7. The minimum absolute atomic E-state index is 0.0316. The van der Waals surface area contributed by atoms with Gasteiger partial charge in [0.05, 0.1) is 0 Å². The van der Waals surface area contributed by atoms with Crippen LogP contribution in [0.15, 0.2) is 16.3 Å². The van der Waals surface area contributed by atoms with Gasteiger partial charge in [-0.3, -0.25) is 4.79 Å². The van der Waals surface area contributed by atoms with E-state index >= 15 is 0 Å². The van der Waals surface area contributed by atoms with Gasteiger partial charge in [0.1, 0.15) is 4.88 Å². The van der Waals surface area contributed by atoms with E-state index in [2.05, 4.69) is 24.5 Å². The lowest BCUT2D eigenvalue weighted by Crippen LogP contribution is -2.38. The number of hydrogen-bond acceptors (Lipinski definition) is 4. The van der Waals surface area contributed by atoms with Crippen molar-refractivity contribution in [1.29, 1.82) is 0 Å². The van der Waals surface area contributed by atoms with Gasteiger partial charge in [-0.25, -0.2) is 0 Å². The SMILES string of the molecule is CCN[C@H](C)CNC(=O)c1sccc1SC. The smallest absolute Gasteiger partial charge is 0.262 e. The number of carbonyl (C=O) groups excluding carboxylic acids is 1. The molecule has 0 unspecified atom stereocenters. The Labute approximate surface area is 105 Å². The van der Waals surface area contributed by atoms with Crippen LogP contribution in [0.25, 0.3) is 0 Å². The summed E-state index contributed by atoms with van der Waals surface area (Å²) in [6.45, 7) is 5.71.